The van der Waals surface area contributed by atoms with Gasteiger partial charge in [-0.25, -0.2) is 4.79 Å². The van der Waals surface area contributed by atoms with Crippen LogP contribution in [0.25, 0.3) is 0 Å². The molecule has 172 valence electrons. The number of esters is 1. The zero-order valence-corrected chi connectivity index (χ0v) is 19.5. The van der Waals surface area contributed by atoms with Gasteiger partial charge >= 0.3 is 5.97 Å². The van der Waals surface area contributed by atoms with Crippen molar-refractivity contribution >= 4 is 39.8 Å². The number of benzene rings is 2. The van der Waals surface area contributed by atoms with Gasteiger partial charge in [-0.2, -0.15) is 0 Å². The molecule has 0 saturated heterocycles. The number of aryl methyl sites for hydroxylation is 1. The summed E-state index contributed by atoms with van der Waals surface area (Å²) in [4.78, 5) is 38.2. The summed E-state index contributed by atoms with van der Waals surface area (Å²) < 4.78 is 15.7. The maximum absolute atomic E-state index is 13.0. The van der Waals surface area contributed by atoms with Gasteiger partial charge in [0.25, 0.3) is 11.8 Å². The van der Waals surface area contributed by atoms with Crippen LogP contribution >= 0.6 is 11.3 Å². The molecule has 0 unspecified atom stereocenters. The first-order chi connectivity index (χ1) is 15.8. The van der Waals surface area contributed by atoms with Gasteiger partial charge in [0, 0.05) is 0 Å². The van der Waals surface area contributed by atoms with E-state index in [0.717, 1.165) is 16.9 Å². The Hall–Kier alpha value is -3.85. The first kappa shape index (κ1) is 23.8. The van der Waals surface area contributed by atoms with Crippen LogP contribution in [0.4, 0.5) is 10.7 Å². The largest absolute Gasteiger partial charge is 0.495 e. The molecule has 0 aliphatic carbocycles. The second kappa shape index (κ2) is 10.6. The Labute approximate surface area is 195 Å². The van der Waals surface area contributed by atoms with E-state index in [-0.39, 0.29) is 22.0 Å². The summed E-state index contributed by atoms with van der Waals surface area (Å²) in [5.74, 6) is -0.490. The third-order valence-electron chi connectivity index (χ3n) is 4.80. The maximum Gasteiger partial charge on any atom is 0.341 e. The number of rotatable bonds is 8. The molecular formula is C24H24N2O6S. The molecule has 0 radical (unpaired) electrons. The predicted octanol–water partition coefficient (Wildman–Crippen LogP) is 4.43. The highest BCUT2D eigenvalue weighted by molar-refractivity contribution is 7.19. The number of hydrogen-bond donors (Lipinski definition) is 2. The SMILES string of the molecule is COC(=O)c1c(NC(=O)COc2ccccc2C)sc(C(=O)Nc2ccccc2OC)c1C. The van der Waals surface area contributed by atoms with Gasteiger partial charge in [-0.15, -0.1) is 11.3 Å². The molecule has 3 aromatic rings. The summed E-state index contributed by atoms with van der Waals surface area (Å²) in [6, 6.07) is 14.3. The van der Waals surface area contributed by atoms with Crippen molar-refractivity contribution in [3.05, 3.63) is 70.1 Å². The molecule has 1 heterocycles. The third kappa shape index (κ3) is 5.50. The van der Waals surface area contributed by atoms with E-state index in [9.17, 15) is 14.4 Å². The average Bonchev–Trinajstić information content (AvgIpc) is 3.14. The van der Waals surface area contributed by atoms with E-state index >= 15 is 0 Å². The van der Waals surface area contributed by atoms with Gasteiger partial charge in [0.2, 0.25) is 0 Å². The Morgan fingerprint density at radius 1 is 0.909 bits per heavy atom. The molecular weight excluding hydrogens is 444 g/mol. The van der Waals surface area contributed by atoms with Crippen molar-refractivity contribution in [1.82, 2.24) is 0 Å². The summed E-state index contributed by atoms with van der Waals surface area (Å²) in [7, 11) is 2.74. The molecule has 33 heavy (non-hydrogen) atoms. The minimum Gasteiger partial charge on any atom is -0.495 e. The highest BCUT2D eigenvalue weighted by atomic mass is 32.1. The highest BCUT2D eigenvalue weighted by Crippen LogP contribution is 2.35. The summed E-state index contributed by atoms with van der Waals surface area (Å²) in [5.41, 5.74) is 1.89. The number of methoxy groups -OCH3 is 2. The van der Waals surface area contributed by atoms with E-state index in [4.69, 9.17) is 14.2 Å². The van der Waals surface area contributed by atoms with Crippen LogP contribution in [0.15, 0.2) is 48.5 Å². The molecule has 1 aromatic heterocycles. The van der Waals surface area contributed by atoms with Gasteiger partial charge < -0.3 is 24.8 Å². The Kier molecular flexibility index (Phi) is 7.68. The molecule has 0 spiro atoms. The summed E-state index contributed by atoms with van der Waals surface area (Å²) in [5, 5.41) is 5.66. The van der Waals surface area contributed by atoms with E-state index in [1.807, 2.05) is 25.1 Å². The number of hydrogen-bond acceptors (Lipinski definition) is 7. The smallest absolute Gasteiger partial charge is 0.341 e. The summed E-state index contributed by atoms with van der Waals surface area (Å²) >= 11 is 0.983. The minimum absolute atomic E-state index is 0.122. The Balaban J connectivity index is 1.82. The topological polar surface area (TPSA) is 103 Å². The molecule has 0 fully saturated rings. The number of ether oxygens (including phenoxy) is 3. The van der Waals surface area contributed by atoms with E-state index in [1.165, 1.54) is 14.2 Å². The lowest BCUT2D eigenvalue weighted by molar-refractivity contribution is -0.118. The van der Waals surface area contributed by atoms with Gasteiger partial charge in [-0.3, -0.25) is 9.59 Å². The third-order valence-corrected chi connectivity index (χ3v) is 6.01. The van der Waals surface area contributed by atoms with Crippen LogP contribution in [0.5, 0.6) is 11.5 Å². The second-order valence-corrected chi connectivity index (χ2v) is 8.03. The molecule has 8 nitrogen and oxygen atoms in total. The normalized spacial score (nSPS) is 10.3. The van der Waals surface area contributed by atoms with Crippen LogP contribution in [0.2, 0.25) is 0 Å². The fourth-order valence-electron chi connectivity index (χ4n) is 3.12. The van der Waals surface area contributed by atoms with Gasteiger partial charge in [-0.1, -0.05) is 30.3 Å². The quantitative estimate of drug-likeness (QED) is 0.474. The molecule has 0 atom stereocenters. The van der Waals surface area contributed by atoms with Crippen LogP contribution < -0.4 is 20.1 Å². The molecule has 2 N–H and O–H groups in total. The van der Waals surface area contributed by atoms with Crippen molar-refractivity contribution in [1.29, 1.82) is 0 Å². The lowest BCUT2D eigenvalue weighted by atomic mass is 10.1. The van der Waals surface area contributed by atoms with Crippen molar-refractivity contribution in [3.63, 3.8) is 0 Å². The fourth-order valence-corrected chi connectivity index (χ4v) is 4.22. The number of amides is 2. The zero-order chi connectivity index (χ0) is 24.0. The van der Waals surface area contributed by atoms with Crippen molar-refractivity contribution < 1.29 is 28.6 Å². The van der Waals surface area contributed by atoms with E-state index in [0.29, 0.717) is 22.7 Å². The molecule has 3 rings (SSSR count). The molecule has 0 aliphatic heterocycles. The number of carbonyl (C=O) groups is 3. The molecule has 9 heteroatoms. The van der Waals surface area contributed by atoms with Crippen molar-refractivity contribution in [2.75, 3.05) is 31.5 Å². The number of anilines is 2. The van der Waals surface area contributed by atoms with Crippen LogP contribution in [0, 0.1) is 13.8 Å². The van der Waals surface area contributed by atoms with Crippen molar-refractivity contribution in [3.8, 4) is 11.5 Å². The number of thiophene rings is 1. The monoisotopic (exact) mass is 468 g/mol. The standard InChI is InChI=1S/C24H24N2O6S/c1-14-9-5-7-11-17(14)32-13-19(27)26-23-20(24(29)31-4)15(2)21(33-23)22(28)25-16-10-6-8-12-18(16)30-3/h5-12H,13H2,1-4H3,(H,25,28)(H,26,27). The van der Waals surface area contributed by atoms with Crippen molar-refractivity contribution in [2.24, 2.45) is 0 Å². The van der Waals surface area contributed by atoms with E-state index in [1.54, 1.807) is 37.3 Å². The Morgan fingerprint density at radius 2 is 1.58 bits per heavy atom. The molecule has 2 amide bonds. The Morgan fingerprint density at radius 3 is 2.24 bits per heavy atom. The minimum atomic E-state index is -0.657. The Bertz CT molecular complexity index is 1190. The zero-order valence-electron chi connectivity index (χ0n) is 18.7. The second-order valence-electron chi connectivity index (χ2n) is 7.01. The summed E-state index contributed by atoms with van der Waals surface area (Å²) in [6.07, 6.45) is 0. The van der Waals surface area contributed by atoms with Crippen molar-refractivity contribution in [2.45, 2.75) is 13.8 Å². The van der Waals surface area contributed by atoms with Crippen LogP contribution in [-0.4, -0.2) is 38.6 Å². The van der Waals surface area contributed by atoms with E-state index in [2.05, 4.69) is 10.6 Å². The maximum atomic E-state index is 13.0. The lowest BCUT2D eigenvalue weighted by Gasteiger charge is -2.09. The predicted molar refractivity (Wildman–Crippen MR) is 127 cm³/mol. The van der Waals surface area contributed by atoms with Gasteiger partial charge in [-0.05, 0) is 43.2 Å². The first-order valence-electron chi connectivity index (χ1n) is 10.00. The average molecular weight is 469 g/mol. The molecule has 0 bridgehead atoms. The first-order valence-corrected chi connectivity index (χ1v) is 10.8. The van der Waals surface area contributed by atoms with Crippen LogP contribution in [0.3, 0.4) is 0 Å². The molecule has 0 saturated carbocycles. The lowest BCUT2D eigenvalue weighted by Crippen LogP contribution is -2.21. The molecule has 2 aromatic carbocycles. The van der Waals surface area contributed by atoms with Crippen LogP contribution in [-0.2, 0) is 9.53 Å². The highest BCUT2D eigenvalue weighted by Gasteiger charge is 2.27. The van der Waals surface area contributed by atoms with E-state index < -0.39 is 17.8 Å². The number of carbonyl (C=O) groups excluding carboxylic acids is 3. The summed E-state index contributed by atoms with van der Waals surface area (Å²) in [6.45, 7) is 3.24. The molecule has 0 aliphatic rings. The van der Waals surface area contributed by atoms with Crippen LogP contribution in [0.1, 0.15) is 31.2 Å². The number of nitrogens with one attached hydrogen (secondary N) is 2. The number of para-hydroxylation sites is 3. The fraction of sp³-hybridized carbons (Fsp3) is 0.208. The van der Waals surface area contributed by atoms with Gasteiger partial charge in [0.15, 0.2) is 6.61 Å². The van der Waals surface area contributed by atoms with Gasteiger partial charge in [0.05, 0.1) is 30.3 Å². The van der Waals surface area contributed by atoms with Gasteiger partial charge in [0.1, 0.15) is 16.5 Å².